The second-order valence-corrected chi connectivity index (χ2v) is 9.43. The van der Waals surface area contributed by atoms with Crippen LogP contribution in [0.3, 0.4) is 0 Å². The van der Waals surface area contributed by atoms with E-state index in [1.807, 2.05) is 18.4 Å². The zero-order valence-corrected chi connectivity index (χ0v) is 19.3. The number of hydrogen-bond donors (Lipinski definition) is 1. The first-order valence-electron chi connectivity index (χ1n) is 9.47. The third-order valence-electron chi connectivity index (χ3n) is 4.30. The second kappa shape index (κ2) is 9.97. The molecule has 3 aromatic rings. The maximum absolute atomic E-state index is 13.9. The van der Waals surface area contributed by atoms with Gasteiger partial charge in [-0.3, -0.25) is 4.79 Å². The third-order valence-corrected chi connectivity index (χ3v) is 5.93. The zero-order chi connectivity index (χ0) is 22.7. The fourth-order valence-corrected chi connectivity index (χ4v) is 4.18. The molecule has 10 heteroatoms. The van der Waals surface area contributed by atoms with Gasteiger partial charge in [-0.25, -0.2) is 8.78 Å². The summed E-state index contributed by atoms with van der Waals surface area (Å²) in [5.74, 6) is -1.43. The van der Waals surface area contributed by atoms with Gasteiger partial charge in [-0.05, 0) is 43.2 Å². The van der Waals surface area contributed by atoms with Crippen molar-refractivity contribution in [3.8, 4) is 11.4 Å². The van der Waals surface area contributed by atoms with E-state index in [1.54, 1.807) is 25.1 Å². The van der Waals surface area contributed by atoms with Gasteiger partial charge in [-0.2, -0.15) is 0 Å². The Kier molecular flexibility index (Phi) is 7.56. The molecule has 0 saturated carbocycles. The van der Waals surface area contributed by atoms with Crippen LogP contribution in [0.5, 0.6) is 0 Å². The van der Waals surface area contributed by atoms with E-state index in [2.05, 4.69) is 15.5 Å². The van der Waals surface area contributed by atoms with Crippen molar-refractivity contribution < 1.29 is 13.6 Å². The van der Waals surface area contributed by atoms with Crippen molar-refractivity contribution in [3.05, 3.63) is 58.1 Å². The predicted molar refractivity (Wildman–Crippen MR) is 121 cm³/mol. The van der Waals surface area contributed by atoms with Crippen molar-refractivity contribution in [2.75, 3.05) is 5.32 Å². The smallest absolute Gasteiger partial charge is 0.237 e. The summed E-state index contributed by atoms with van der Waals surface area (Å²) >= 11 is 13.5. The van der Waals surface area contributed by atoms with Crippen LogP contribution in [0.4, 0.5) is 14.5 Å². The number of halogens is 4. The molecule has 31 heavy (non-hydrogen) atoms. The highest BCUT2D eigenvalue weighted by Crippen LogP contribution is 2.33. The highest BCUT2D eigenvalue weighted by atomic mass is 35.5. The predicted octanol–water partition coefficient (Wildman–Crippen LogP) is 6.31. The van der Waals surface area contributed by atoms with Crippen LogP contribution in [0.2, 0.25) is 10.0 Å². The molecule has 0 radical (unpaired) electrons. The standard InChI is InChI=1S/C21H20Cl2F2N4OS/c1-11(2)10-29-19(14-8-7-13(22)9-15(14)23)27-28-21(29)31-12(3)20(30)26-18-16(24)5-4-6-17(18)25/h4-9,11-12H,10H2,1-3H3,(H,26,30). The number of thioether (sulfide) groups is 1. The lowest BCUT2D eigenvalue weighted by molar-refractivity contribution is -0.115. The van der Waals surface area contributed by atoms with Gasteiger partial charge in [0.1, 0.15) is 17.3 Å². The summed E-state index contributed by atoms with van der Waals surface area (Å²) in [5.41, 5.74) is 0.189. The quantitative estimate of drug-likeness (QED) is 0.399. The van der Waals surface area contributed by atoms with Crippen LogP contribution in [0.15, 0.2) is 41.6 Å². The van der Waals surface area contributed by atoms with Crippen molar-refractivity contribution in [2.24, 2.45) is 5.92 Å². The molecule has 1 heterocycles. The van der Waals surface area contributed by atoms with Gasteiger partial charge >= 0.3 is 0 Å². The van der Waals surface area contributed by atoms with Gasteiger partial charge < -0.3 is 9.88 Å². The molecule has 0 aliphatic carbocycles. The number of rotatable bonds is 7. The lowest BCUT2D eigenvalue weighted by Crippen LogP contribution is -2.24. The molecular formula is C21H20Cl2F2N4OS. The fourth-order valence-electron chi connectivity index (χ4n) is 2.83. The molecule has 1 N–H and O–H groups in total. The van der Waals surface area contributed by atoms with Crippen LogP contribution in [-0.4, -0.2) is 25.9 Å². The van der Waals surface area contributed by atoms with Crippen molar-refractivity contribution in [1.29, 1.82) is 0 Å². The summed E-state index contributed by atoms with van der Waals surface area (Å²) in [4.78, 5) is 12.6. The third kappa shape index (κ3) is 5.56. The van der Waals surface area contributed by atoms with Crippen molar-refractivity contribution in [2.45, 2.75) is 37.7 Å². The van der Waals surface area contributed by atoms with E-state index in [9.17, 15) is 13.6 Å². The summed E-state index contributed by atoms with van der Waals surface area (Å²) in [7, 11) is 0. The van der Waals surface area contributed by atoms with Crippen molar-refractivity contribution in [3.63, 3.8) is 0 Å². The number of hydrogen-bond acceptors (Lipinski definition) is 4. The lowest BCUT2D eigenvalue weighted by Gasteiger charge is -2.16. The summed E-state index contributed by atoms with van der Waals surface area (Å²) in [5, 5.41) is 11.5. The maximum atomic E-state index is 13.9. The summed E-state index contributed by atoms with van der Waals surface area (Å²) in [6.45, 7) is 6.29. The molecule has 1 atom stereocenters. The van der Waals surface area contributed by atoms with Crippen LogP contribution in [0.25, 0.3) is 11.4 Å². The van der Waals surface area contributed by atoms with Crippen LogP contribution in [0.1, 0.15) is 20.8 Å². The lowest BCUT2D eigenvalue weighted by atomic mass is 10.2. The summed E-state index contributed by atoms with van der Waals surface area (Å²) < 4.78 is 29.6. The van der Waals surface area contributed by atoms with Gasteiger partial charge in [-0.1, -0.05) is 54.9 Å². The molecule has 1 amide bonds. The second-order valence-electron chi connectivity index (χ2n) is 7.28. The molecule has 2 aromatic carbocycles. The average Bonchev–Trinajstić information content (AvgIpc) is 3.06. The first-order chi connectivity index (χ1) is 14.7. The van der Waals surface area contributed by atoms with Gasteiger partial charge in [0.05, 0.1) is 10.3 Å². The largest absolute Gasteiger partial charge is 0.320 e. The number of carbonyl (C=O) groups is 1. The minimum atomic E-state index is -0.840. The Morgan fingerprint density at radius 2 is 1.81 bits per heavy atom. The van der Waals surface area contributed by atoms with Crippen molar-refractivity contribution in [1.82, 2.24) is 14.8 Å². The number of carbonyl (C=O) groups excluding carboxylic acids is 1. The minimum Gasteiger partial charge on any atom is -0.320 e. The number of anilines is 1. The Labute approximate surface area is 193 Å². The Balaban J connectivity index is 1.86. The molecule has 3 rings (SSSR count). The average molecular weight is 485 g/mol. The zero-order valence-electron chi connectivity index (χ0n) is 17.0. The highest BCUT2D eigenvalue weighted by molar-refractivity contribution is 8.00. The van der Waals surface area contributed by atoms with E-state index >= 15 is 0 Å². The first-order valence-corrected chi connectivity index (χ1v) is 11.1. The maximum Gasteiger partial charge on any atom is 0.237 e. The molecule has 0 aliphatic rings. The number of nitrogens with zero attached hydrogens (tertiary/aromatic N) is 3. The van der Waals surface area contributed by atoms with E-state index in [1.165, 1.54) is 6.07 Å². The number of benzene rings is 2. The van der Waals surface area contributed by atoms with Crippen molar-refractivity contribution >= 4 is 46.6 Å². The number of para-hydroxylation sites is 1. The molecule has 0 fully saturated rings. The first kappa shape index (κ1) is 23.5. The van der Waals surface area contributed by atoms with Gasteiger partial charge in [0.2, 0.25) is 5.91 Å². The highest BCUT2D eigenvalue weighted by Gasteiger charge is 2.23. The summed E-state index contributed by atoms with van der Waals surface area (Å²) in [6, 6.07) is 8.49. The number of aromatic nitrogens is 3. The van der Waals surface area contributed by atoms with Crippen LogP contribution in [0, 0.1) is 17.6 Å². The van der Waals surface area contributed by atoms with Crippen LogP contribution >= 0.6 is 35.0 Å². The Hall–Kier alpha value is -2.16. The fraction of sp³-hybridized carbons (Fsp3) is 0.286. The monoisotopic (exact) mass is 484 g/mol. The molecule has 0 saturated heterocycles. The van der Waals surface area contributed by atoms with E-state index in [4.69, 9.17) is 23.2 Å². The molecule has 1 unspecified atom stereocenters. The number of amides is 1. The molecule has 0 bridgehead atoms. The van der Waals surface area contributed by atoms with E-state index in [-0.39, 0.29) is 5.92 Å². The normalized spacial score (nSPS) is 12.3. The SMILES string of the molecule is CC(C)Cn1c(SC(C)C(=O)Nc2c(F)cccc2F)nnc1-c1ccc(Cl)cc1Cl. The molecule has 0 spiro atoms. The molecular weight excluding hydrogens is 465 g/mol. The van der Waals surface area contributed by atoms with Gasteiger partial charge in [0, 0.05) is 17.1 Å². The van der Waals surface area contributed by atoms with E-state index < -0.39 is 28.5 Å². The number of nitrogens with one attached hydrogen (secondary N) is 1. The Bertz CT molecular complexity index is 1090. The summed E-state index contributed by atoms with van der Waals surface area (Å²) in [6.07, 6.45) is 0. The van der Waals surface area contributed by atoms with E-state index in [0.717, 1.165) is 23.9 Å². The molecule has 0 aliphatic heterocycles. The van der Waals surface area contributed by atoms with Gasteiger partial charge in [0.15, 0.2) is 11.0 Å². The Morgan fingerprint density at radius 3 is 2.42 bits per heavy atom. The van der Waals surface area contributed by atoms with Crippen LogP contribution in [-0.2, 0) is 11.3 Å². The molecule has 1 aromatic heterocycles. The van der Waals surface area contributed by atoms with E-state index in [0.29, 0.717) is 33.1 Å². The topological polar surface area (TPSA) is 59.8 Å². The molecule has 164 valence electrons. The van der Waals surface area contributed by atoms with Gasteiger partial charge in [-0.15, -0.1) is 10.2 Å². The molecule has 5 nitrogen and oxygen atoms in total. The Morgan fingerprint density at radius 1 is 1.13 bits per heavy atom. The minimum absolute atomic E-state index is 0.261. The van der Waals surface area contributed by atoms with Crippen LogP contribution < -0.4 is 5.32 Å². The van der Waals surface area contributed by atoms with Gasteiger partial charge in [0.25, 0.3) is 0 Å².